The third-order valence-electron chi connectivity index (χ3n) is 10.3. The van der Waals surface area contributed by atoms with Crippen molar-refractivity contribution >= 4 is 53.4 Å². The summed E-state index contributed by atoms with van der Waals surface area (Å²) in [4.78, 5) is 15.2. The molecular formula is C51H31N3OS. The Morgan fingerprint density at radius 1 is 0.411 bits per heavy atom. The van der Waals surface area contributed by atoms with Gasteiger partial charge in [0.05, 0.1) is 6.85 Å². The summed E-state index contributed by atoms with van der Waals surface area (Å²) in [5, 5.41) is 4.39. The lowest BCUT2D eigenvalue weighted by atomic mass is 9.97. The van der Waals surface area contributed by atoms with Crippen molar-refractivity contribution in [3.8, 4) is 67.5 Å². The second-order valence-corrected chi connectivity index (χ2v) is 14.7. The Kier molecular flexibility index (Phi) is 6.49. The van der Waals surface area contributed by atoms with Gasteiger partial charge >= 0.3 is 0 Å². The van der Waals surface area contributed by atoms with E-state index < -0.39 is 6.04 Å². The lowest BCUT2D eigenvalue weighted by molar-refractivity contribution is 0.670. The minimum Gasteiger partial charge on any atom is -0.455 e. The molecule has 0 aliphatic carbocycles. The molecule has 8 aromatic carbocycles. The third-order valence-corrected chi connectivity index (χ3v) is 11.5. The number of hydrogen-bond donors (Lipinski definition) is 0. The number of hydrogen-bond acceptors (Lipinski definition) is 5. The summed E-state index contributed by atoms with van der Waals surface area (Å²) in [6, 6.07) is 51.3. The van der Waals surface area contributed by atoms with Crippen LogP contribution in [0.1, 0.15) is 6.85 Å². The SMILES string of the molecule is [2H]c1c([2H])c([2H])c(-c2ccc(-c3ccc(-c4cccc5c4oc4cc(-c6nc(-c7ccccc7)nc(-c7cccc8c7sc7ccccc78)n6)ccc45)cc3)cc2)c([2H])c1[2H]. The number of aromatic nitrogens is 3. The van der Waals surface area contributed by atoms with E-state index >= 15 is 0 Å². The van der Waals surface area contributed by atoms with E-state index in [1.165, 1.54) is 15.5 Å². The monoisotopic (exact) mass is 738 g/mol. The van der Waals surface area contributed by atoms with Crippen molar-refractivity contribution < 1.29 is 11.3 Å². The van der Waals surface area contributed by atoms with Crippen LogP contribution >= 0.6 is 11.3 Å². The molecule has 4 nitrogen and oxygen atoms in total. The predicted octanol–water partition coefficient (Wildman–Crippen LogP) is 14.1. The molecule has 0 spiro atoms. The summed E-state index contributed by atoms with van der Waals surface area (Å²) in [6.07, 6.45) is 0. The molecule has 0 radical (unpaired) electrons. The van der Waals surface area contributed by atoms with E-state index in [0.717, 1.165) is 65.6 Å². The van der Waals surface area contributed by atoms with E-state index in [2.05, 4.69) is 91.0 Å². The van der Waals surface area contributed by atoms with E-state index in [1.54, 1.807) is 23.5 Å². The number of rotatable bonds is 6. The maximum Gasteiger partial charge on any atom is 0.165 e. The predicted molar refractivity (Wildman–Crippen MR) is 233 cm³/mol. The van der Waals surface area contributed by atoms with Crippen molar-refractivity contribution in [2.24, 2.45) is 0 Å². The summed E-state index contributed by atoms with van der Waals surface area (Å²) in [5.41, 5.74) is 8.82. The van der Waals surface area contributed by atoms with Gasteiger partial charge < -0.3 is 4.42 Å². The van der Waals surface area contributed by atoms with Crippen molar-refractivity contribution in [3.63, 3.8) is 0 Å². The van der Waals surface area contributed by atoms with Gasteiger partial charge in [-0.05, 0) is 52.1 Å². The first-order chi connectivity index (χ1) is 29.8. The molecule has 0 N–H and O–H groups in total. The van der Waals surface area contributed by atoms with Crippen LogP contribution in [0.15, 0.2) is 192 Å². The molecule has 5 heteroatoms. The Morgan fingerprint density at radius 2 is 1.00 bits per heavy atom. The smallest absolute Gasteiger partial charge is 0.165 e. The van der Waals surface area contributed by atoms with E-state index in [1.807, 2.05) is 54.6 Å². The maximum atomic E-state index is 8.36. The molecular weight excluding hydrogens is 703 g/mol. The molecule has 0 fully saturated rings. The average molecular weight is 739 g/mol. The minimum absolute atomic E-state index is 0.190. The average Bonchev–Trinajstić information content (AvgIpc) is 3.89. The molecule has 56 heavy (non-hydrogen) atoms. The Hall–Kier alpha value is -7.21. The zero-order chi connectivity index (χ0) is 41.4. The third kappa shape index (κ3) is 5.56. The summed E-state index contributed by atoms with van der Waals surface area (Å²) < 4.78 is 49.8. The zero-order valence-corrected chi connectivity index (χ0v) is 30.5. The molecule has 3 aromatic heterocycles. The Morgan fingerprint density at radius 3 is 1.77 bits per heavy atom. The highest BCUT2D eigenvalue weighted by Crippen LogP contribution is 2.41. The summed E-state index contributed by atoms with van der Waals surface area (Å²) in [5.74, 6) is 1.77. The van der Waals surface area contributed by atoms with Crippen LogP contribution in [0.4, 0.5) is 0 Å². The van der Waals surface area contributed by atoms with Crippen molar-refractivity contribution in [1.82, 2.24) is 15.0 Å². The molecule has 0 unspecified atom stereocenters. The van der Waals surface area contributed by atoms with Crippen molar-refractivity contribution in [2.75, 3.05) is 0 Å². The van der Waals surface area contributed by atoms with Gasteiger partial charge in [-0.1, -0.05) is 164 Å². The fraction of sp³-hybridized carbons (Fsp3) is 0. The molecule has 11 rings (SSSR count). The van der Waals surface area contributed by atoms with Crippen LogP contribution in [0.3, 0.4) is 0 Å². The van der Waals surface area contributed by atoms with Gasteiger partial charge in [0.2, 0.25) is 0 Å². The number of nitrogens with zero attached hydrogens (tertiary/aromatic N) is 3. The van der Waals surface area contributed by atoms with Gasteiger partial charge in [0.1, 0.15) is 11.2 Å². The molecule has 0 amide bonds. The largest absolute Gasteiger partial charge is 0.455 e. The molecule has 0 bridgehead atoms. The highest BCUT2D eigenvalue weighted by molar-refractivity contribution is 7.26. The molecule has 0 saturated carbocycles. The van der Waals surface area contributed by atoms with Crippen LogP contribution < -0.4 is 0 Å². The van der Waals surface area contributed by atoms with Gasteiger partial charge in [-0.2, -0.15) is 0 Å². The fourth-order valence-corrected chi connectivity index (χ4v) is 8.71. The summed E-state index contributed by atoms with van der Waals surface area (Å²) >= 11 is 1.75. The van der Waals surface area contributed by atoms with E-state index in [9.17, 15) is 0 Å². The van der Waals surface area contributed by atoms with Gasteiger partial charge in [0.25, 0.3) is 0 Å². The molecule has 262 valence electrons. The highest BCUT2D eigenvalue weighted by atomic mass is 32.1. The summed E-state index contributed by atoms with van der Waals surface area (Å²) in [7, 11) is 0. The lowest BCUT2D eigenvalue weighted by Crippen LogP contribution is -2.00. The molecule has 11 aromatic rings. The van der Waals surface area contributed by atoms with Crippen molar-refractivity contribution in [1.29, 1.82) is 0 Å². The number of benzene rings is 8. The second kappa shape index (κ2) is 13.3. The van der Waals surface area contributed by atoms with Crippen molar-refractivity contribution in [3.05, 3.63) is 188 Å². The Balaban J connectivity index is 0.955. The first-order valence-corrected chi connectivity index (χ1v) is 19.1. The van der Waals surface area contributed by atoms with Crippen LogP contribution in [0.5, 0.6) is 0 Å². The molecule has 0 saturated heterocycles. The van der Waals surface area contributed by atoms with E-state index in [-0.39, 0.29) is 29.7 Å². The number of fused-ring (bicyclic) bond motifs is 6. The Bertz CT molecular complexity index is 3500. The number of thiophene rings is 1. The van der Waals surface area contributed by atoms with Gasteiger partial charge in [0.15, 0.2) is 17.5 Å². The highest BCUT2D eigenvalue weighted by Gasteiger charge is 2.18. The van der Waals surface area contributed by atoms with Crippen LogP contribution in [0.2, 0.25) is 0 Å². The van der Waals surface area contributed by atoms with Gasteiger partial charge in [-0.25, -0.2) is 15.0 Å². The second-order valence-electron chi connectivity index (χ2n) is 13.6. The summed E-state index contributed by atoms with van der Waals surface area (Å²) in [6.45, 7) is 0. The Labute approximate surface area is 334 Å². The van der Waals surface area contributed by atoms with Crippen LogP contribution in [0.25, 0.3) is 110 Å². The van der Waals surface area contributed by atoms with Crippen LogP contribution in [-0.4, -0.2) is 15.0 Å². The standard InChI is InChI=1S/C51H31N3OS/c1-3-11-32(12-4-1)33-21-23-34(24-22-33)35-25-27-36(28-26-35)39-16-9-17-42-40-30-29-38(31-45(40)55-47(39)42)50-52-49(37-13-5-2-6-14-37)53-51(54-50)44-19-10-18-43-41-15-7-8-20-46(41)56-48(43)44/h1-31H/i1D,3D,4D,11D,12D. The maximum absolute atomic E-state index is 8.36. The molecule has 0 aliphatic heterocycles. The fourth-order valence-electron chi connectivity index (χ4n) is 7.50. The topological polar surface area (TPSA) is 51.8 Å². The number of furan rings is 1. The van der Waals surface area contributed by atoms with E-state index in [0.29, 0.717) is 23.0 Å². The number of para-hydroxylation sites is 1. The van der Waals surface area contributed by atoms with Gasteiger partial charge in [-0.3, -0.25) is 0 Å². The van der Waals surface area contributed by atoms with Gasteiger partial charge in [0, 0.05) is 53.2 Å². The molecule has 3 heterocycles. The first-order valence-electron chi connectivity index (χ1n) is 20.8. The normalized spacial score (nSPS) is 12.8. The minimum atomic E-state index is -0.401. The van der Waals surface area contributed by atoms with Gasteiger partial charge in [-0.15, -0.1) is 11.3 Å². The van der Waals surface area contributed by atoms with Crippen molar-refractivity contribution in [2.45, 2.75) is 0 Å². The van der Waals surface area contributed by atoms with Crippen LogP contribution in [-0.2, 0) is 0 Å². The quantitative estimate of drug-likeness (QED) is 0.170. The molecule has 0 atom stereocenters. The van der Waals surface area contributed by atoms with Crippen LogP contribution in [0, 0.1) is 0 Å². The molecule has 0 aliphatic rings. The zero-order valence-electron chi connectivity index (χ0n) is 34.7. The lowest BCUT2D eigenvalue weighted by Gasteiger charge is -2.09. The van der Waals surface area contributed by atoms with E-state index in [4.69, 9.17) is 26.2 Å². The first kappa shape index (κ1) is 27.4.